The maximum Gasteiger partial charge on any atom is 0.112 e. The van der Waals surface area contributed by atoms with Crippen molar-refractivity contribution in [3.63, 3.8) is 0 Å². The third-order valence-electron chi connectivity index (χ3n) is 2.02. The van der Waals surface area contributed by atoms with Crippen LogP contribution in [0.5, 0.6) is 0 Å². The number of halogens is 1. The van der Waals surface area contributed by atoms with E-state index in [1.807, 2.05) is 17.5 Å². The molecule has 0 unspecified atom stereocenters. The van der Waals surface area contributed by atoms with E-state index in [-0.39, 0.29) is 0 Å². The summed E-state index contributed by atoms with van der Waals surface area (Å²) < 4.78 is 0.805. The van der Waals surface area contributed by atoms with Gasteiger partial charge in [0.1, 0.15) is 11.1 Å². The van der Waals surface area contributed by atoms with E-state index < -0.39 is 0 Å². The molecule has 0 radical (unpaired) electrons. The van der Waals surface area contributed by atoms with Crippen molar-refractivity contribution in [2.45, 2.75) is 6.54 Å². The van der Waals surface area contributed by atoms with Crippen LogP contribution in [0.2, 0.25) is 0 Å². The molecule has 3 nitrogen and oxygen atoms in total. The van der Waals surface area contributed by atoms with E-state index in [0.29, 0.717) is 12.1 Å². The summed E-state index contributed by atoms with van der Waals surface area (Å²) in [7, 11) is 0. The Morgan fingerprint density at radius 2 is 2.38 bits per heavy atom. The van der Waals surface area contributed by atoms with Gasteiger partial charge >= 0.3 is 0 Å². The van der Waals surface area contributed by atoms with Crippen LogP contribution in [0.25, 0.3) is 0 Å². The fourth-order valence-corrected chi connectivity index (χ4v) is 2.26. The first-order chi connectivity index (χ1) is 7.79. The molecule has 2 aromatic rings. The van der Waals surface area contributed by atoms with Crippen molar-refractivity contribution in [2.24, 2.45) is 0 Å². The van der Waals surface area contributed by atoms with Crippen LogP contribution in [0, 0.1) is 11.3 Å². The van der Waals surface area contributed by atoms with Crippen LogP contribution < -0.4 is 5.32 Å². The molecular formula is C11H8BrN3S. The summed E-state index contributed by atoms with van der Waals surface area (Å²) in [4.78, 5) is 4.18. The second-order valence-electron chi connectivity index (χ2n) is 3.09. The van der Waals surface area contributed by atoms with Crippen molar-refractivity contribution >= 4 is 33.0 Å². The van der Waals surface area contributed by atoms with Crippen LogP contribution in [0.3, 0.4) is 0 Å². The maximum absolute atomic E-state index is 8.78. The van der Waals surface area contributed by atoms with Crippen molar-refractivity contribution in [1.29, 1.82) is 5.26 Å². The van der Waals surface area contributed by atoms with Crippen molar-refractivity contribution in [1.82, 2.24) is 4.98 Å². The quantitative estimate of drug-likeness (QED) is 0.944. The number of benzene rings is 1. The van der Waals surface area contributed by atoms with Crippen LogP contribution in [-0.2, 0) is 6.54 Å². The molecule has 16 heavy (non-hydrogen) atoms. The molecule has 0 spiro atoms. The summed E-state index contributed by atoms with van der Waals surface area (Å²) in [6.45, 7) is 0.704. The Kier molecular flexibility index (Phi) is 3.54. The smallest absolute Gasteiger partial charge is 0.112 e. The number of hydrogen-bond donors (Lipinski definition) is 1. The van der Waals surface area contributed by atoms with Crippen LogP contribution in [-0.4, -0.2) is 4.98 Å². The molecule has 1 aromatic heterocycles. The zero-order valence-electron chi connectivity index (χ0n) is 8.27. The van der Waals surface area contributed by atoms with Gasteiger partial charge in [0.2, 0.25) is 0 Å². The molecule has 0 bridgehead atoms. The number of rotatable bonds is 3. The highest BCUT2D eigenvalue weighted by Crippen LogP contribution is 2.21. The van der Waals surface area contributed by atoms with Gasteiger partial charge in [-0.05, 0) is 34.1 Å². The third kappa shape index (κ3) is 2.60. The zero-order chi connectivity index (χ0) is 11.4. The Morgan fingerprint density at radius 1 is 1.50 bits per heavy atom. The van der Waals surface area contributed by atoms with Gasteiger partial charge in [0, 0.05) is 21.7 Å². The zero-order valence-corrected chi connectivity index (χ0v) is 10.7. The lowest BCUT2D eigenvalue weighted by Gasteiger charge is -2.05. The summed E-state index contributed by atoms with van der Waals surface area (Å²) in [5.41, 5.74) is 1.61. The van der Waals surface area contributed by atoms with Gasteiger partial charge in [-0.25, -0.2) is 4.98 Å². The van der Waals surface area contributed by atoms with E-state index in [1.54, 1.807) is 23.6 Å². The third-order valence-corrected chi connectivity index (χ3v) is 3.45. The monoisotopic (exact) mass is 293 g/mol. The lowest BCUT2D eigenvalue weighted by atomic mass is 10.2. The standard InChI is InChI=1S/C11H8BrN3S/c12-10-5-9(2-1-8(10)6-13)15-7-11-14-3-4-16-11/h1-5,15H,7H2. The number of nitrogens with one attached hydrogen (secondary N) is 1. The van der Waals surface area contributed by atoms with E-state index in [4.69, 9.17) is 5.26 Å². The van der Waals surface area contributed by atoms with Gasteiger partial charge in [0.25, 0.3) is 0 Å². The van der Waals surface area contributed by atoms with Crippen molar-refractivity contribution in [3.05, 3.63) is 44.8 Å². The van der Waals surface area contributed by atoms with Gasteiger partial charge in [-0.15, -0.1) is 11.3 Å². The Hall–Kier alpha value is -1.38. The fraction of sp³-hybridized carbons (Fsp3) is 0.0909. The number of aromatic nitrogens is 1. The Labute approximate surface area is 106 Å². The summed E-state index contributed by atoms with van der Waals surface area (Å²) in [6.07, 6.45) is 1.79. The normalized spacial score (nSPS) is 9.75. The average Bonchev–Trinajstić information content (AvgIpc) is 2.79. The Morgan fingerprint density at radius 3 is 3.00 bits per heavy atom. The van der Waals surface area contributed by atoms with Gasteiger partial charge in [-0.2, -0.15) is 5.26 Å². The van der Waals surface area contributed by atoms with Crippen LogP contribution in [0.1, 0.15) is 10.6 Å². The maximum atomic E-state index is 8.78. The molecule has 0 aliphatic rings. The minimum atomic E-state index is 0.639. The minimum Gasteiger partial charge on any atom is -0.378 e. The summed E-state index contributed by atoms with van der Waals surface area (Å²) in [6, 6.07) is 7.67. The average molecular weight is 294 g/mol. The summed E-state index contributed by atoms with van der Waals surface area (Å²) >= 11 is 4.97. The number of anilines is 1. The van der Waals surface area contributed by atoms with Crippen molar-refractivity contribution in [2.75, 3.05) is 5.32 Å². The first-order valence-corrected chi connectivity index (χ1v) is 6.29. The van der Waals surface area contributed by atoms with Gasteiger partial charge in [0.05, 0.1) is 12.1 Å². The van der Waals surface area contributed by atoms with Crippen molar-refractivity contribution < 1.29 is 0 Å². The van der Waals surface area contributed by atoms with Crippen molar-refractivity contribution in [3.8, 4) is 6.07 Å². The number of thiazole rings is 1. The first-order valence-electron chi connectivity index (χ1n) is 4.61. The lowest BCUT2D eigenvalue weighted by molar-refractivity contribution is 1.10. The van der Waals surface area contributed by atoms with Gasteiger partial charge in [0.15, 0.2) is 0 Å². The largest absolute Gasteiger partial charge is 0.378 e. The van der Waals surface area contributed by atoms with E-state index in [1.165, 1.54) is 0 Å². The number of hydrogen-bond acceptors (Lipinski definition) is 4. The molecule has 1 N–H and O–H groups in total. The predicted octanol–water partition coefficient (Wildman–Crippen LogP) is 3.39. The van der Waals surface area contributed by atoms with Gasteiger partial charge in [-0.3, -0.25) is 0 Å². The molecule has 5 heteroatoms. The molecule has 0 fully saturated rings. The van der Waals surface area contributed by atoms with Crippen LogP contribution in [0.4, 0.5) is 5.69 Å². The fourth-order valence-electron chi connectivity index (χ4n) is 1.23. The summed E-state index contributed by atoms with van der Waals surface area (Å²) in [5.74, 6) is 0. The second kappa shape index (κ2) is 5.10. The first kappa shape index (κ1) is 11.1. The molecule has 1 heterocycles. The molecular weight excluding hydrogens is 286 g/mol. The summed E-state index contributed by atoms with van der Waals surface area (Å²) in [5, 5.41) is 15.0. The number of nitrogens with zero attached hydrogens (tertiary/aromatic N) is 2. The molecule has 0 amide bonds. The van der Waals surface area contributed by atoms with Crippen LogP contribution >= 0.6 is 27.3 Å². The highest BCUT2D eigenvalue weighted by atomic mass is 79.9. The molecule has 0 saturated carbocycles. The molecule has 0 saturated heterocycles. The highest BCUT2D eigenvalue weighted by Gasteiger charge is 2.01. The van der Waals surface area contributed by atoms with E-state index in [9.17, 15) is 0 Å². The highest BCUT2D eigenvalue weighted by molar-refractivity contribution is 9.10. The molecule has 2 rings (SSSR count). The predicted molar refractivity (Wildman–Crippen MR) is 68.3 cm³/mol. The number of nitriles is 1. The van der Waals surface area contributed by atoms with Gasteiger partial charge in [-0.1, -0.05) is 0 Å². The van der Waals surface area contributed by atoms with Crippen LogP contribution in [0.15, 0.2) is 34.2 Å². The second-order valence-corrected chi connectivity index (χ2v) is 4.92. The molecule has 0 atom stereocenters. The molecule has 80 valence electrons. The minimum absolute atomic E-state index is 0.639. The Bertz CT molecular complexity index is 517. The Balaban J connectivity index is 2.06. The topological polar surface area (TPSA) is 48.7 Å². The van der Waals surface area contributed by atoms with E-state index in [2.05, 4.69) is 32.3 Å². The van der Waals surface area contributed by atoms with E-state index >= 15 is 0 Å². The molecule has 0 aliphatic heterocycles. The SMILES string of the molecule is N#Cc1ccc(NCc2nccs2)cc1Br. The molecule has 0 aliphatic carbocycles. The molecule has 1 aromatic carbocycles. The lowest BCUT2D eigenvalue weighted by Crippen LogP contribution is -1.98. The van der Waals surface area contributed by atoms with E-state index in [0.717, 1.165) is 15.2 Å². The van der Waals surface area contributed by atoms with Gasteiger partial charge < -0.3 is 5.32 Å².